The number of hydrogen-bond acceptors (Lipinski definition) is 3. The summed E-state index contributed by atoms with van der Waals surface area (Å²) in [5, 5.41) is 0. The summed E-state index contributed by atoms with van der Waals surface area (Å²) in [5.74, 6) is -0.243. The van der Waals surface area contributed by atoms with Gasteiger partial charge in [0.25, 0.3) is 0 Å². The van der Waals surface area contributed by atoms with Crippen molar-refractivity contribution in [3.8, 4) is 0 Å². The molecule has 0 saturated heterocycles. The van der Waals surface area contributed by atoms with Crippen LogP contribution >= 0.6 is 0 Å². The van der Waals surface area contributed by atoms with Crippen LogP contribution in [0.25, 0.3) is 0 Å². The smallest absolute Gasteiger partial charge is 0.223 e. The second-order valence-electron chi connectivity index (χ2n) is 6.22. The van der Waals surface area contributed by atoms with Crippen molar-refractivity contribution in [2.45, 2.75) is 31.2 Å². The fourth-order valence-corrected chi connectivity index (χ4v) is 4.18. The van der Waals surface area contributed by atoms with Crippen LogP contribution in [-0.4, -0.2) is 31.5 Å². The predicted molar refractivity (Wildman–Crippen MR) is 93.4 cm³/mol. The number of nitrogens with zero attached hydrogens (tertiary/aromatic N) is 1. The lowest BCUT2D eigenvalue weighted by atomic mass is 10.00. The maximum Gasteiger partial charge on any atom is 0.223 e. The Bertz CT molecular complexity index is 841. The highest BCUT2D eigenvalue weighted by Gasteiger charge is 2.23. The van der Waals surface area contributed by atoms with Crippen LogP contribution in [0.2, 0.25) is 0 Å². The van der Waals surface area contributed by atoms with E-state index in [2.05, 4.69) is 6.07 Å². The van der Waals surface area contributed by atoms with E-state index in [1.54, 1.807) is 29.2 Å². The molecule has 0 radical (unpaired) electrons. The Kier molecular flexibility index (Phi) is 4.71. The van der Waals surface area contributed by atoms with Gasteiger partial charge in [0.15, 0.2) is 9.84 Å². The largest absolute Gasteiger partial charge is 0.338 e. The van der Waals surface area contributed by atoms with Crippen LogP contribution in [0.1, 0.15) is 23.1 Å². The zero-order valence-electron chi connectivity index (χ0n) is 13.7. The van der Waals surface area contributed by atoms with Crippen molar-refractivity contribution >= 4 is 15.7 Å². The van der Waals surface area contributed by atoms with E-state index in [4.69, 9.17) is 0 Å². The molecule has 0 atom stereocenters. The molecule has 0 saturated carbocycles. The van der Waals surface area contributed by atoms with Crippen molar-refractivity contribution in [3.05, 3.63) is 65.2 Å². The number of carbonyl (C=O) groups is 1. The van der Waals surface area contributed by atoms with Gasteiger partial charge in [0, 0.05) is 19.5 Å². The number of benzene rings is 2. The Morgan fingerprint density at radius 1 is 1.04 bits per heavy atom. The van der Waals surface area contributed by atoms with Crippen LogP contribution < -0.4 is 0 Å². The Morgan fingerprint density at radius 3 is 2.42 bits per heavy atom. The number of sulfone groups is 1. The summed E-state index contributed by atoms with van der Waals surface area (Å²) in [4.78, 5) is 14.4. The molecule has 4 nitrogen and oxygen atoms in total. The molecule has 2 aromatic rings. The molecule has 1 aliphatic rings. The van der Waals surface area contributed by atoms with E-state index in [1.165, 1.54) is 5.56 Å². The summed E-state index contributed by atoms with van der Waals surface area (Å²) in [6.45, 7) is 3.13. The second kappa shape index (κ2) is 6.77. The minimum Gasteiger partial charge on any atom is -0.338 e. The first-order valence-electron chi connectivity index (χ1n) is 8.10. The summed E-state index contributed by atoms with van der Waals surface area (Å²) in [6.07, 6.45) is 0.852. The number of carbonyl (C=O) groups excluding carboxylic acids is 1. The number of aryl methyl sites for hydroxylation is 1. The monoisotopic (exact) mass is 343 g/mol. The third kappa shape index (κ3) is 3.67. The topological polar surface area (TPSA) is 54.5 Å². The van der Waals surface area contributed by atoms with Crippen molar-refractivity contribution in [2.24, 2.45) is 0 Å². The van der Waals surface area contributed by atoms with Gasteiger partial charge in [0.05, 0.1) is 10.6 Å². The first-order valence-corrected chi connectivity index (χ1v) is 9.75. The minimum atomic E-state index is -3.42. The van der Waals surface area contributed by atoms with Crippen LogP contribution in [-0.2, 0) is 27.6 Å². The molecule has 0 fully saturated rings. The Morgan fingerprint density at radius 2 is 1.71 bits per heavy atom. The number of hydrogen-bond donors (Lipinski definition) is 0. The molecule has 0 spiro atoms. The van der Waals surface area contributed by atoms with E-state index in [0.29, 0.717) is 13.1 Å². The van der Waals surface area contributed by atoms with Gasteiger partial charge in [-0.15, -0.1) is 0 Å². The lowest BCUT2D eigenvalue weighted by Gasteiger charge is -2.28. The molecule has 24 heavy (non-hydrogen) atoms. The average Bonchev–Trinajstić information content (AvgIpc) is 2.59. The van der Waals surface area contributed by atoms with Crippen molar-refractivity contribution in [2.75, 3.05) is 12.3 Å². The molecule has 126 valence electrons. The molecule has 5 heteroatoms. The lowest BCUT2D eigenvalue weighted by Crippen LogP contribution is -2.36. The van der Waals surface area contributed by atoms with Gasteiger partial charge in [-0.3, -0.25) is 4.79 Å². The standard InChI is InChI=1S/C19H21NO3S/c1-15-6-8-18(9-7-15)24(22,23)13-11-19(21)20-12-10-16-4-2-3-5-17(16)14-20/h2-9H,10-14H2,1H3. The fraction of sp³-hybridized carbons (Fsp3) is 0.316. The summed E-state index contributed by atoms with van der Waals surface area (Å²) >= 11 is 0. The third-order valence-electron chi connectivity index (χ3n) is 4.45. The highest BCUT2D eigenvalue weighted by Crippen LogP contribution is 2.20. The number of rotatable bonds is 4. The van der Waals surface area contributed by atoms with E-state index in [0.717, 1.165) is 17.5 Å². The molecule has 1 aliphatic heterocycles. The molecular weight excluding hydrogens is 322 g/mol. The molecular formula is C19H21NO3S. The summed E-state index contributed by atoms with van der Waals surface area (Å²) in [6, 6.07) is 14.8. The van der Waals surface area contributed by atoms with Crippen molar-refractivity contribution in [1.82, 2.24) is 4.90 Å². The normalized spacial score (nSPS) is 14.3. The van der Waals surface area contributed by atoms with Crippen molar-refractivity contribution in [1.29, 1.82) is 0 Å². The first-order chi connectivity index (χ1) is 11.5. The molecule has 0 aromatic heterocycles. The summed E-state index contributed by atoms with van der Waals surface area (Å²) in [5.41, 5.74) is 3.43. The van der Waals surface area contributed by atoms with Gasteiger partial charge >= 0.3 is 0 Å². The second-order valence-corrected chi connectivity index (χ2v) is 8.33. The SMILES string of the molecule is Cc1ccc(S(=O)(=O)CCC(=O)N2CCc3ccccc3C2)cc1. The summed E-state index contributed by atoms with van der Waals surface area (Å²) in [7, 11) is -3.42. The van der Waals surface area contributed by atoms with Gasteiger partial charge in [-0.1, -0.05) is 42.0 Å². The maximum atomic E-state index is 12.4. The molecule has 0 aliphatic carbocycles. The molecule has 2 aromatic carbocycles. The molecule has 1 amide bonds. The zero-order valence-corrected chi connectivity index (χ0v) is 14.6. The van der Waals surface area contributed by atoms with E-state index >= 15 is 0 Å². The van der Waals surface area contributed by atoms with Gasteiger partial charge < -0.3 is 4.90 Å². The minimum absolute atomic E-state index is 0.0262. The van der Waals surface area contributed by atoms with Crippen molar-refractivity contribution in [3.63, 3.8) is 0 Å². The van der Waals surface area contributed by atoms with E-state index in [9.17, 15) is 13.2 Å². The van der Waals surface area contributed by atoms with Crippen LogP contribution in [0.15, 0.2) is 53.4 Å². The molecule has 1 heterocycles. The molecule has 0 N–H and O–H groups in total. The fourth-order valence-electron chi connectivity index (χ4n) is 2.95. The third-order valence-corrected chi connectivity index (χ3v) is 6.18. The quantitative estimate of drug-likeness (QED) is 0.858. The first kappa shape index (κ1) is 16.7. The van der Waals surface area contributed by atoms with Crippen LogP contribution in [0.4, 0.5) is 0 Å². The number of amides is 1. The van der Waals surface area contributed by atoms with Gasteiger partial charge in [0.2, 0.25) is 5.91 Å². The van der Waals surface area contributed by atoms with E-state index in [1.807, 2.05) is 25.1 Å². The van der Waals surface area contributed by atoms with Gasteiger partial charge in [-0.2, -0.15) is 0 Å². The highest BCUT2D eigenvalue weighted by molar-refractivity contribution is 7.91. The number of fused-ring (bicyclic) bond motifs is 1. The van der Waals surface area contributed by atoms with Gasteiger partial charge in [-0.25, -0.2) is 8.42 Å². The van der Waals surface area contributed by atoms with Crippen LogP contribution in [0.5, 0.6) is 0 Å². The maximum absolute atomic E-state index is 12.4. The van der Waals surface area contributed by atoms with E-state index < -0.39 is 9.84 Å². The van der Waals surface area contributed by atoms with Crippen molar-refractivity contribution < 1.29 is 13.2 Å². The van der Waals surface area contributed by atoms with Gasteiger partial charge in [-0.05, 0) is 36.6 Å². The van der Waals surface area contributed by atoms with Crippen LogP contribution in [0, 0.1) is 6.92 Å². The van der Waals surface area contributed by atoms with Crippen LogP contribution in [0.3, 0.4) is 0 Å². The average molecular weight is 343 g/mol. The Hall–Kier alpha value is -2.14. The zero-order chi connectivity index (χ0) is 17.2. The predicted octanol–water partition coefficient (Wildman–Crippen LogP) is 2.74. The molecule has 0 bridgehead atoms. The molecule has 0 unspecified atom stereocenters. The van der Waals surface area contributed by atoms with Gasteiger partial charge in [0.1, 0.15) is 0 Å². The molecule has 3 rings (SSSR count). The highest BCUT2D eigenvalue weighted by atomic mass is 32.2. The Labute approximate surface area is 143 Å². The lowest BCUT2D eigenvalue weighted by molar-refractivity contribution is -0.131. The Balaban J connectivity index is 1.63. The summed E-state index contributed by atoms with van der Waals surface area (Å²) < 4.78 is 24.7. The van der Waals surface area contributed by atoms with E-state index in [-0.39, 0.29) is 23.0 Å².